The zero-order valence-electron chi connectivity index (χ0n) is 20.2. The highest BCUT2D eigenvalue weighted by molar-refractivity contribution is 5.95. The molecule has 1 aromatic carbocycles. The lowest BCUT2D eigenvalue weighted by Crippen LogP contribution is -2.51. The van der Waals surface area contributed by atoms with Gasteiger partial charge in [0.1, 0.15) is 6.61 Å². The van der Waals surface area contributed by atoms with Gasteiger partial charge in [-0.3, -0.25) is 9.78 Å². The number of ether oxygens (including phenoxy) is 2. The first kappa shape index (κ1) is 26.7. The number of nitrogens with zero attached hydrogens (tertiary/aromatic N) is 1. The minimum Gasteiger partial charge on any atom is -0.487 e. The van der Waals surface area contributed by atoms with Gasteiger partial charge in [-0.1, -0.05) is 13.8 Å². The van der Waals surface area contributed by atoms with Gasteiger partial charge in [0, 0.05) is 11.3 Å². The number of alkyl halides is 3. The van der Waals surface area contributed by atoms with Crippen LogP contribution in [0.4, 0.5) is 13.2 Å². The van der Waals surface area contributed by atoms with Gasteiger partial charge >= 0.3 is 6.18 Å². The summed E-state index contributed by atoms with van der Waals surface area (Å²) in [6.45, 7) is 5.59. The first-order valence-electron chi connectivity index (χ1n) is 11.5. The average Bonchev–Trinajstić information content (AvgIpc) is 3.61. The van der Waals surface area contributed by atoms with E-state index in [-0.39, 0.29) is 36.5 Å². The largest absolute Gasteiger partial charge is 0.487 e. The molecule has 1 fully saturated rings. The number of benzene rings is 1. The van der Waals surface area contributed by atoms with Crippen molar-refractivity contribution in [3.8, 4) is 11.5 Å². The van der Waals surface area contributed by atoms with Crippen LogP contribution in [0, 0.1) is 13.8 Å². The second kappa shape index (κ2) is 10.4. The smallest absolute Gasteiger partial charge is 0.424 e. The lowest BCUT2D eigenvalue weighted by Gasteiger charge is -2.31. The van der Waals surface area contributed by atoms with Crippen molar-refractivity contribution in [2.24, 2.45) is 0 Å². The van der Waals surface area contributed by atoms with Gasteiger partial charge in [0.2, 0.25) is 5.60 Å². The molecule has 2 aromatic rings. The van der Waals surface area contributed by atoms with E-state index in [1.54, 1.807) is 13.8 Å². The molecule has 35 heavy (non-hydrogen) atoms. The fourth-order valence-electron chi connectivity index (χ4n) is 3.60. The molecule has 1 aromatic heterocycles. The van der Waals surface area contributed by atoms with Crippen LogP contribution in [0.5, 0.6) is 11.5 Å². The number of hydrogen-bond acceptors (Lipinski definition) is 6. The van der Waals surface area contributed by atoms with E-state index in [1.807, 2.05) is 13.8 Å². The fraction of sp³-hybridized carbons (Fsp3) is 0.520. The molecule has 0 bridgehead atoms. The molecule has 10 heteroatoms. The molecule has 0 saturated heterocycles. The molecule has 0 aliphatic heterocycles. The molecule has 0 spiro atoms. The van der Waals surface area contributed by atoms with E-state index in [1.165, 1.54) is 24.3 Å². The molecule has 1 unspecified atom stereocenters. The molecule has 192 valence electrons. The average molecular weight is 497 g/mol. The third kappa shape index (κ3) is 6.05. The van der Waals surface area contributed by atoms with Crippen LogP contribution in [-0.2, 0) is 5.60 Å². The van der Waals surface area contributed by atoms with Crippen LogP contribution in [0.3, 0.4) is 0 Å². The normalized spacial score (nSPS) is 15.6. The van der Waals surface area contributed by atoms with Gasteiger partial charge in [0.05, 0.1) is 24.9 Å². The number of hydrogen-bond donors (Lipinski definition) is 3. The molecular weight excluding hydrogens is 465 g/mol. The van der Waals surface area contributed by atoms with Crippen LogP contribution >= 0.6 is 0 Å². The predicted molar refractivity (Wildman–Crippen MR) is 123 cm³/mol. The maximum atomic E-state index is 14.1. The number of nitrogens with one attached hydrogen (secondary N) is 1. The van der Waals surface area contributed by atoms with Gasteiger partial charge in [-0.25, -0.2) is 0 Å². The van der Waals surface area contributed by atoms with Crippen molar-refractivity contribution in [1.82, 2.24) is 10.3 Å². The van der Waals surface area contributed by atoms with Crippen molar-refractivity contribution in [2.75, 3.05) is 19.8 Å². The van der Waals surface area contributed by atoms with Gasteiger partial charge in [-0.2, -0.15) is 13.2 Å². The monoisotopic (exact) mass is 496 g/mol. The second-order valence-corrected chi connectivity index (χ2v) is 9.05. The minimum atomic E-state index is -5.10. The van der Waals surface area contributed by atoms with Crippen LogP contribution in [-0.4, -0.2) is 53.1 Å². The van der Waals surface area contributed by atoms with E-state index < -0.39 is 29.9 Å². The molecule has 0 radical (unpaired) electrons. The highest BCUT2D eigenvalue weighted by Gasteiger charge is 2.56. The summed E-state index contributed by atoms with van der Waals surface area (Å²) in [7, 11) is 0. The standard InChI is InChI=1S/C25H31F3N2O5/c1-14(2)19-12-22(30-16(4)15(19)3)24(33,25(26,27)28)13-29-23(32)17-5-8-20(35-18-6-7-18)21(11-17)34-10-9-31/h5,8,11-12,14,18,31,33H,6-7,9-10,13H2,1-4H3,(H,29,32). The Balaban J connectivity index is 1.86. The van der Waals surface area contributed by atoms with E-state index in [0.29, 0.717) is 17.0 Å². The molecule has 1 aliphatic carbocycles. The zero-order chi connectivity index (χ0) is 26.0. The van der Waals surface area contributed by atoms with Crippen LogP contribution < -0.4 is 14.8 Å². The van der Waals surface area contributed by atoms with Crippen LogP contribution in [0.2, 0.25) is 0 Å². The minimum absolute atomic E-state index is 0.0153. The van der Waals surface area contributed by atoms with Crippen molar-refractivity contribution in [3.05, 3.63) is 52.3 Å². The highest BCUT2D eigenvalue weighted by Crippen LogP contribution is 2.40. The third-order valence-electron chi connectivity index (χ3n) is 5.95. The number of aryl methyl sites for hydroxylation is 1. The Morgan fingerprint density at radius 1 is 1.20 bits per heavy atom. The SMILES string of the molecule is Cc1nc(C(O)(CNC(=O)c2ccc(OC3CC3)c(OCCO)c2)C(F)(F)F)cc(C(C)C)c1C. The Morgan fingerprint density at radius 3 is 2.46 bits per heavy atom. The maximum absolute atomic E-state index is 14.1. The number of aromatic nitrogens is 1. The van der Waals surface area contributed by atoms with Crippen molar-refractivity contribution >= 4 is 5.91 Å². The summed E-state index contributed by atoms with van der Waals surface area (Å²) < 4.78 is 53.4. The number of rotatable bonds is 10. The summed E-state index contributed by atoms with van der Waals surface area (Å²) in [6, 6.07) is 5.48. The molecular formula is C25H31F3N2O5. The topological polar surface area (TPSA) is 101 Å². The van der Waals surface area contributed by atoms with Crippen molar-refractivity contribution in [2.45, 2.75) is 64.3 Å². The number of aliphatic hydroxyl groups is 2. The lowest BCUT2D eigenvalue weighted by atomic mass is 9.90. The molecule has 1 saturated carbocycles. The van der Waals surface area contributed by atoms with Crippen molar-refractivity contribution in [3.63, 3.8) is 0 Å². The van der Waals surface area contributed by atoms with Gasteiger partial charge < -0.3 is 25.0 Å². The Labute approximate surface area is 202 Å². The fourth-order valence-corrected chi connectivity index (χ4v) is 3.60. The summed E-state index contributed by atoms with van der Waals surface area (Å²) in [4.78, 5) is 16.8. The quantitative estimate of drug-likeness (QED) is 0.461. The Morgan fingerprint density at radius 2 is 1.89 bits per heavy atom. The molecule has 3 rings (SSSR count). The Hall–Kier alpha value is -2.85. The molecule has 3 N–H and O–H groups in total. The highest BCUT2D eigenvalue weighted by atomic mass is 19.4. The summed E-state index contributed by atoms with van der Waals surface area (Å²) in [6.07, 6.45) is -3.26. The number of amides is 1. The number of aliphatic hydroxyl groups excluding tert-OH is 1. The zero-order valence-corrected chi connectivity index (χ0v) is 20.2. The number of halogens is 3. The molecule has 1 heterocycles. The number of carbonyl (C=O) groups excluding carboxylic acids is 1. The van der Waals surface area contributed by atoms with Crippen molar-refractivity contribution in [1.29, 1.82) is 0 Å². The van der Waals surface area contributed by atoms with E-state index in [9.17, 15) is 23.1 Å². The first-order chi connectivity index (χ1) is 16.4. The van der Waals surface area contributed by atoms with Crippen LogP contribution in [0.15, 0.2) is 24.3 Å². The third-order valence-corrected chi connectivity index (χ3v) is 5.95. The molecule has 1 amide bonds. The Kier molecular flexibility index (Phi) is 7.96. The van der Waals surface area contributed by atoms with E-state index in [4.69, 9.17) is 14.6 Å². The van der Waals surface area contributed by atoms with E-state index in [0.717, 1.165) is 18.4 Å². The maximum Gasteiger partial charge on any atom is 0.424 e. The summed E-state index contributed by atoms with van der Waals surface area (Å²) >= 11 is 0. The summed E-state index contributed by atoms with van der Waals surface area (Å²) in [5.41, 5.74) is -2.19. The predicted octanol–water partition coefficient (Wildman–Crippen LogP) is 3.91. The van der Waals surface area contributed by atoms with Gasteiger partial charge in [0.15, 0.2) is 11.5 Å². The molecule has 1 aliphatic rings. The molecule has 1 atom stereocenters. The van der Waals surface area contributed by atoms with Gasteiger partial charge in [-0.15, -0.1) is 0 Å². The van der Waals surface area contributed by atoms with Gasteiger partial charge in [0.25, 0.3) is 5.91 Å². The number of carbonyl (C=O) groups is 1. The second-order valence-electron chi connectivity index (χ2n) is 9.05. The van der Waals surface area contributed by atoms with Gasteiger partial charge in [-0.05, 0) is 68.0 Å². The van der Waals surface area contributed by atoms with Crippen molar-refractivity contribution < 1.29 is 37.7 Å². The van der Waals surface area contributed by atoms with Crippen LogP contribution in [0.1, 0.15) is 65.5 Å². The summed E-state index contributed by atoms with van der Waals surface area (Å²) in [5.74, 6) is -0.351. The van der Waals surface area contributed by atoms with E-state index in [2.05, 4.69) is 10.3 Å². The first-order valence-corrected chi connectivity index (χ1v) is 11.5. The van der Waals surface area contributed by atoms with E-state index >= 15 is 0 Å². The summed E-state index contributed by atoms with van der Waals surface area (Å²) in [5, 5.41) is 22.0. The molecule has 7 nitrogen and oxygen atoms in total. The lowest BCUT2D eigenvalue weighted by molar-refractivity contribution is -0.265. The van der Waals surface area contributed by atoms with Crippen LogP contribution in [0.25, 0.3) is 0 Å². The number of pyridine rings is 1. The Bertz CT molecular complexity index is 1070.